The van der Waals surface area contributed by atoms with Gasteiger partial charge in [-0.2, -0.15) is 4.98 Å². The predicted octanol–water partition coefficient (Wildman–Crippen LogP) is 4.81. The van der Waals surface area contributed by atoms with Gasteiger partial charge < -0.3 is 15.4 Å². The quantitative estimate of drug-likeness (QED) is 0.632. The van der Waals surface area contributed by atoms with E-state index in [4.69, 9.17) is 4.74 Å². The van der Waals surface area contributed by atoms with Gasteiger partial charge in [-0.1, -0.05) is 30.3 Å². The average Bonchev–Trinajstić information content (AvgIpc) is 2.65. The molecule has 0 fully saturated rings. The number of anilines is 3. The molecule has 0 atom stereocenters. The molecular weight excluding hydrogens is 336 g/mol. The van der Waals surface area contributed by atoms with E-state index in [1.54, 1.807) is 7.11 Å². The Labute approximate surface area is 160 Å². The Morgan fingerprint density at radius 3 is 2.59 bits per heavy atom. The molecule has 0 aliphatic carbocycles. The molecule has 1 aromatic heterocycles. The van der Waals surface area contributed by atoms with Crippen LogP contribution in [0.2, 0.25) is 0 Å². The molecule has 5 heteroatoms. The molecule has 0 amide bonds. The molecule has 3 aromatic rings. The zero-order chi connectivity index (χ0) is 19.2. The van der Waals surface area contributed by atoms with E-state index in [-0.39, 0.29) is 0 Å². The van der Waals surface area contributed by atoms with Gasteiger partial charge in [0.05, 0.1) is 7.11 Å². The van der Waals surface area contributed by atoms with Crippen molar-refractivity contribution in [1.29, 1.82) is 0 Å². The maximum Gasteiger partial charge on any atom is 0.229 e. The summed E-state index contributed by atoms with van der Waals surface area (Å²) in [5.74, 6) is 2.32. The van der Waals surface area contributed by atoms with Gasteiger partial charge in [0.25, 0.3) is 0 Å². The first-order valence-corrected chi connectivity index (χ1v) is 9.11. The van der Waals surface area contributed by atoms with Crippen LogP contribution in [0.15, 0.2) is 48.5 Å². The summed E-state index contributed by atoms with van der Waals surface area (Å²) in [7, 11) is 1.70. The van der Waals surface area contributed by atoms with Crippen molar-refractivity contribution in [2.24, 2.45) is 0 Å². The third-order valence-corrected chi connectivity index (χ3v) is 4.39. The van der Waals surface area contributed by atoms with Crippen LogP contribution >= 0.6 is 0 Å². The molecule has 0 saturated carbocycles. The van der Waals surface area contributed by atoms with Crippen molar-refractivity contribution < 1.29 is 4.74 Å². The van der Waals surface area contributed by atoms with Crippen LogP contribution < -0.4 is 15.4 Å². The van der Waals surface area contributed by atoms with Gasteiger partial charge in [0, 0.05) is 24.0 Å². The number of aromatic nitrogens is 2. The smallest absolute Gasteiger partial charge is 0.229 e. The van der Waals surface area contributed by atoms with Gasteiger partial charge in [0.1, 0.15) is 11.6 Å². The Bertz CT molecular complexity index is 924. The van der Waals surface area contributed by atoms with E-state index in [9.17, 15) is 0 Å². The molecule has 140 valence electrons. The second-order valence-electron chi connectivity index (χ2n) is 6.65. The summed E-state index contributed by atoms with van der Waals surface area (Å²) in [5.41, 5.74) is 5.48. The van der Waals surface area contributed by atoms with E-state index in [2.05, 4.69) is 58.7 Å². The monoisotopic (exact) mass is 362 g/mol. The van der Waals surface area contributed by atoms with Gasteiger partial charge >= 0.3 is 0 Å². The Kier molecular flexibility index (Phi) is 5.91. The van der Waals surface area contributed by atoms with Gasteiger partial charge in [-0.15, -0.1) is 0 Å². The summed E-state index contributed by atoms with van der Waals surface area (Å²) in [5, 5.41) is 6.73. The number of nitrogens with one attached hydrogen (secondary N) is 2. The average molecular weight is 362 g/mol. The van der Waals surface area contributed by atoms with Crippen LogP contribution in [-0.2, 0) is 6.42 Å². The third kappa shape index (κ3) is 4.97. The predicted molar refractivity (Wildman–Crippen MR) is 111 cm³/mol. The van der Waals surface area contributed by atoms with Gasteiger partial charge in [0.15, 0.2) is 0 Å². The number of hydrogen-bond donors (Lipinski definition) is 2. The largest absolute Gasteiger partial charge is 0.496 e. The van der Waals surface area contributed by atoms with Crippen molar-refractivity contribution in [3.05, 3.63) is 70.9 Å². The first-order valence-electron chi connectivity index (χ1n) is 9.11. The van der Waals surface area contributed by atoms with Crippen molar-refractivity contribution >= 4 is 17.5 Å². The van der Waals surface area contributed by atoms with E-state index in [1.165, 1.54) is 11.1 Å². The van der Waals surface area contributed by atoms with E-state index in [0.717, 1.165) is 41.5 Å². The molecule has 2 N–H and O–H groups in total. The molecule has 0 aliphatic heterocycles. The molecule has 0 aliphatic rings. The fourth-order valence-corrected chi connectivity index (χ4v) is 2.94. The van der Waals surface area contributed by atoms with Crippen molar-refractivity contribution in [3.8, 4) is 5.75 Å². The van der Waals surface area contributed by atoms with Gasteiger partial charge in [0.2, 0.25) is 5.95 Å². The highest BCUT2D eigenvalue weighted by molar-refractivity contribution is 5.60. The summed E-state index contributed by atoms with van der Waals surface area (Å²) < 4.78 is 5.41. The minimum absolute atomic E-state index is 0.600. The van der Waals surface area contributed by atoms with Crippen LogP contribution in [0.4, 0.5) is 17.5 Å². The molecule has 27 heavy (non-hydrogen) atoms. The van der Waals surface area contributed by atoms with Crippen LogP contribution in [0.25, 0.3) is 0 Å². The number of nitrogens with zero attached hydrogens (tertiary/aromatic N) is 2. The second-order valence-corrected chi connectivity index (χ2v) is 6.65. The van der Waals surface area contributed by atoms with Gasteiger partial charge in [-0.25, -0.2) is 4.98 Å². The number of aryl methyl sites for hydroxylation is 3. The molecule has 0 bridgehead atoms. The van der Waals surface area contributed by atoms with Gasteiger partial charge in [-0.05, 0) is 56.0 Å². The highest BCUT2D eigenvalue weighted by Gasteiger charge is 2.06. The summed E-state index contributed by atoms with van der Waals surface area (Å²) in [6, 6.07) is 16.3. The lowest BCUT2D eigenvalue weighted by Gasteiger charge is -2.13. The first kappa shape index (κ1) is 18.7. The number of ether oxygens (including phenoxy) is 1. The maximum absolute atomic E-state index is 5.41. The topological polar surface area (TPSA) is 59.1 Å². The number of rotatable bonds is 7. The first-order chi connectivity index (χ1) is 13.0. The molecule has 3 rings (SSSR count). The summed E-state index contributed by atoms with van der Waals surface area (Å²) >= 11 is 0. The number of para-hydroxylation sites is 1. The highest BCUT2D eigenvalue weighted by atomic mass is 16.5. The Balaban J connectivity index is 1.69. The van der Waals surface area contributed by atoms with Crippen molar-refractivity contribution in [2.75, 3.05) is 24.3 Å². The van der Waals surface area contributed by atoms with Crippen molar-refractivity contribution in [1.82, 2.24) is 9.97 Å². The molecule has 2 aromatic carbocycles. The number of methoxy groups -OCH3 is 1. The Hall–Kier alpha value is -3.08. The van der Waals surface area contributed by atoms with Crippen molar-refractivity contribution in [3.63, 3.8) is 0 Å². The zero-order valence-corrected chi connectivity index (χ0v) is 16.3. The van der Waals surface area contributed by atoms with Crippen molar-refractivity contribution in [2.45, 2.75) is 27.2 Å². The molecule has 0 spiro atoms. The van der Waals surface area contributed by atoms with E-state index >= 15 is 0 Å². The lowest BCUT2D eigenvalue weighted by atomic mass is 10.1. The van der Waals surface area contributed by atoms with Crippen LogP contribution in [0.5, 0.6) is 5.75 Å². The van der Waals surface area contributed by atoms with Crippen LogP contribution in [0.3, 0.4) is 0 Å². The summed E-state index contributed by atoms with van der Waals surface area (Å²) in [4.78, 5) is 9.12. The lowest BCUT2D eigenvalue weighted by molar-refractivity contribution is 0.410. The summed E-state index contributed by atoms with van der Waals surface area (Å²) in [6.45, 7) is 6.89. The molecule has 1 heterocycles. The summed E-state index contributed by atoms with van der Waals surface area (Å²) in [6.07, 6.45) is 0.854. The molecule has 5 nitrogen and oxygen atoms in total. The second kappa shape index (κ2) is 8.54. The molecule has 0 unspecified atom stereocenters. The Morgan fingerprint density at radius 1 is 0.963 bits per heavy atom. The van der Waals surface area contributed by atoms with E-state index < -0.39 is 0 Å². The maximum atomic E-state index is 5.41. The molecule has 0 saturated heterocycles. The molecular formula is C22H26N4O. The molecule has 0 radical (unpaired) electrons. The minimum Gasteiger partial charge on any atom is -0.496 e. The SMILES string of the molecule is COc1ccccc1CCNc1cc(C)nc(Nc2cc(C)ccc2C)n1. The normalized spacial score (nSPS) is 10.5. The third-order valence-electron chi connectivity index (χ3n) is 4.39. The van der Waals surface area contributed by atoms with E-state index in [1.807, 2.05) is 31.2 Å². The van der Waals surface area contributed by atoms with Gasteiger partial charge in [-0.3, -0.25) is 0 Å². The number of benzene rings is 2. The Morgan fingerprint density at radius 2 is 1.78 bits per heavy atom. The van der Waals surface area contributed by atoms with Crippen LogP contribution in [0.1, 0.15) is 22.4 Å². The van der Waals surface area contributed by atoms with Crippen LogP contribution in [-0.4, -0.2) is 23.6 Å². The minimum atomic E-state index is 0.600. The fourth-order valence-electron chi connectivity index (χ4n) is 2.94. The fraction of sp³-hybridized carbons (Fsp3) is 0.273. The van der Waals surface area contributed by atoms with E-state index in [0.29, 0.717) is 5.95 Å². The standard InChI is InChI=1S/C22H26N4O/c1-15-9-10-16(2)19(13-15)25-22-24-17(3)14-21(26-22)23-12-11-18-7-5-6-8-20(18)27-4/h5-10,13-14H,11-12H2,1-4H3,(H2,23,24,25,26). The number of hydrogen-bond acceptors (Lipinski definition) is 5. The lowest BCUT2D eigenvalue weighted by Crippen LogP contribution is -2.09. The zero-order valence-electron chi connectivity index (χ0n) is 16.3. The highest BCUT2D eigenvalue weighted by Crippen LogP contribution is 2.21. The van der Waals surface area contributed by atoms with Crippen LogP contribution in [0, 0.1) is 20.8 Å².